The molecule has 2 N–H and O–H groups in total. The third-order valence-electron chi connectivity index (χ3n) is 2.55. The first kappa shape index (κ1) is 21.3. The molecule has 0 aliphatic heterocycles. The molecule has 9 nitrogen and oxygen atoms in total. The Kier molecular flexibility index (Phi) is 14.1. The second-order valence-electron chi connectivity index (χ2n) is 4.45. The third kappa shape index (κ3) is 16.5. The molecule has 134 valence electrons. The molecule has 0 rings (SSSR count). The molecule has 0 fully saturated rings. The predicted molar refractivity (Wildman–Crippen MR) is 79.0 cm³/mol. The smallest absolute Gasteiger partial charge is 0.331 e. The molecule has 0 spiro atoms. The van der Waals surface area contributed by atoms with Crippen molar-refractivity contribution >= 4 is 17.8 Å². The molecule has 0 radical (unpaired) electrons. The van der Waals surface area contributed by atoms with Gasteiger partial charge in [0.15, 0.2) is 0 Å². The Balaban J connectivity index is 3.17. The molecule has 0 aromatic heterocycles. The van der Waals surface area contributed by atoms with Crippen molar-refractivity contribution in [3.8, 4) is 0 Å². The monoisotopic (exact) mass is 335 g/mol. The first-order valence-corrected chi connectivity index (χ1v) is 7.34. The van der Waals surface area contributed by atoms with Gasteiger partial charge in [-0.25, -0.2) is 4.79 Å². The van der Waals surface area contributed by atoms with Gasteiger partial charge in [0.05, 0.1) is 40.0 Å². The minimum absolute atomic E-state index is 0.0118. The number of carbonyl (C=O) groups excluding carboxylic acids is 2. The van der Waals surface area contributed by atoms with E-state index in [1.165, 1.54) is 7.11 Å². The lowest BCUT2D eigenvalue weighted by molar-refractivity contribution is -0.146. The van der Waals surface area contributed by atoms with Gasteiger partial charge in [-0.05, 0) is 6.42 Å². The number of methoxy groups -OCH3 is 1. The molecule has 0 saturated heterocycles. The van der Waals surface area contributed by atoms with Crippen LogP contribution in [0.5, 0.6) is 0 Å². The summed E-state index contributed by atoms with van der Waals surface area (Å²) in [4.78, 5) is 32.2. The fourth-order valence-electron chi connectivity index (χ4n) is 1.37. The van der Waals surface area contributed by atoms with Gasteiger partial charge in [-0.15, -0.1) is 0 Å². The lowest BCUT2D eigenvalue weighted by Gasteiger charge is -2.07. The van der Waals surface area contributed by atoms with E-state index >= 15 is 0 Å². The van der Waals surface area contributed by atoms with Gasteiger partial charge in [-0.3, -0.25) is 9.59 Å². The molecule has 0 heterocycles. The first-order valence-electron chi connectivity index (χ1n) is 7.34. The highest BCUT2D eigenvalue weighted by molar-refractivity contribution is 5.80. The van der Waals surface area contributed by atoms with Crippen LogP contribution in [0.1, 0.15) is 19.3 Å². The summed E-state index contributed by atoms with van der Waals surface area (Å²) in [6, 6.07) is 0. The summed E-state index contributed by atoms with van der Waals surface area (Å²) in [5, 5.41) is 11.0. The number of ether oxygens (including phenoxy) is 4. The fourth-order valence-corrected chi connectivity index (χ4v) is 1.37. The molecular formula is C14H25NO8. The van der Waals surface area contributed by atoms with Crippen LogP contribution in [-0.2, 0) is 33.3 Å². The maximum absolute atomic E-state index is 11.2. The lowest BCUT2D eigenvalue weighted by atomic mass is 10.3. The number of hydrogen-bond acceptors (Lipinski definition) is 7. The van der Waals surface area contributed by atoms with Gasteiger partial charge in [0.2, 0.25) is 5.91 Å². The number of esters is 1. The standard InChI is InChI=1S/C14H25NO8/c1-20-14(19)11-23-10-9-22-8-7-21-6-2-5-15-12(16)3-4-13(17)18/h2-11H2,1H3,(H,15,16)(H,17,18). The number of amides is 1. The Labute approximate surface area is 135 Å². The number of hydrogen-bond donors (Lipinski definition) is 2. The molecule has 9 heteroatoms. The molecule has 0 atom stereocenters. The zero-order valence-electron chi connectivity index (χ0n) is 13.4. The van der Waals surface area contributed by atoms with Crippen LogP contribution in [-0.4, -0.2) is 76.2 Å². The van der Waals surface area contributed by atoms with Crippen LogP contribution in [0, 0.1) is 0 Å². The first-order chi connectivity index (χ1) is 11.1. The Bertz CT molecular complexity index is 348. The number of nitrogens with one attached hydrogen (secondary N) is 1. The number of carboxylic acids is 1. The molecule has 1 amide bonds. The maximum Gasteiger partial charge on any atom is 0.331 e. The van der Waals surface area contributed by atoms with Gasteiger partial charge >= 0.3 is 11.9 Å². The van der Waals surface area contributed by atoms with Crippen molar-refractivity contribution in [2.24, 2.45) is 0 Å². The minimum Gasteiger partial charge on any atom is -0.481 e. The van der Waals surface area contributed by atoms with Crippen LogP contribution in [0.25, 0.3) is 0 Å². The summed E-state index contributed by atoms with van der Waals surface area (Å²) in [5.74, 6) is -1.69. The Morgan fingerprint density at radius 1 is 0.913 bits per heavy atom. The highest BCUT2D eigenvalue weighted by atomic mass is 16.6. The second kappa shape index (κ2) is 15.2. The van der Waals surface area contributed by atoms with Crippen molar-refractivity contribution < 1.29 is 38.4 Å². The van der Waals surface area contributed by atoms with Crippen molar-refractivity contribution in [3.05, 3.63) is 0 Å². The summed E-state index contributed by atoms with van der Waals surface area (Å²) in [5.41, 5.74) is 0. The Hall–Kier alpha value is -1.71. The topological polar surface area (TPSA) is 120 Å². The molecule has 0 bridgehead atoms. The second-order valence-corrected chi connectivity index (χ2v) is 4.45. The van der Waals surface area contributed by atoms with Gasteiger partial charge in [-0.2, -0.15) is 0 Å². The van der Waals surface area contributed by atoms with Crippen LogP contribution in [0.2, 0.25) is 0 Å². The third-order valence-corrected chi connectivity index (χ3v) is 2.55. The minimum atomic E-state index is -0.987. The SMILES string of the molecule is COC(=O)COCCOCCOCCCNC(=O)CCC(=O)O. The van der Waals surface area contributed by atoms with Gasteiger partial charge in [0.1, 0.15) is 6.61 Å². The van der Waals surface area contributed by atoms with Gasteiger partial charge in [0, 0.05) is 19.6 Å². The lowest BCUT2D eigenvalue weighted by Crippen LogP contribution is -2.25. The van der Waals surface area contributed by atoms with Crippen LogP contribution in [0.3, 0.4) is 0 Å². The maximum atomic E-state index is 11.2. The van der Waals surface area contributed by atoms with Crippen LogP contribution in [0.15, 0.2) is 0 Å². The summed E-state index contributed by atoms with van der Waals surface area (Å²) in [7, 11) is 1.29. The van der Waals surface area contributed by atoms with E-state index in [9.17, 15) is 14.4 Å². The summed E-state index contributed by atoms with van der Waals surface area (Å²) < 4.78 is 19.9. The Morgan fingerprint density at radius 2 is 1.52 bits per heavy atom. The van der Waals surface area contributed by atoms with E-state index in [4.69, 9.17) is 19.3 Å². The fraction of sp³-hybridized carbons (Fsp3) is 0.786. The summed E-state index contributed by atoms with van der Waals surface area (Å²) >= 11 is 0. The number of carbonyl (C=O) groups is 3. The summed E-state index contributed by atoms with van der Waals surface area (Å²) in [6.45, 7) is 2.32. The highest BCUT2D eigenvalue weighted by Crippen LogP contribution is 1.89. The zero-order valence-corrected chi connectivity index (χ0v) is 13.4. The van der Waals surface area contributed by atoms with Crippen molar-refractivity contribution in [2.45, 2.75) is 19.3 Å². The van der Waals surface area contributed by atoms with E-state index in [0.717, 1.165) is 0 Å². The van der Waals surface area contributed by atoms with Crippen LogP contribution in [0.4, 0.5) is 0 Å². The van der Waals surface area contributed by atoms with Gasteiger partial charge < -0.3 is 29.4 Å². The van der Waals surface area contributed by atoms with Crippen molar-refractivity contribution in [1.82, 2.24) is 5.32 Å². The zero-order chi connectivity index (χ0) is 17.3. The molecule has 0 aromatic carbocycles. The van der Waals surface area contributed by atoms with Gasteiger partial charge in [-0.1, -0.05) is 0 Å². The molecule has 0 unspecified atom stereocenters. The molecule has 0 aliphatic carbocycles. The van der Waals surface area contributed by atoms with Crippen molar-refractivity contribution in [1.29, 1.82) is 0 Å². The van der Waals surface area contributed by atoms with E-state index < -0.39 is 11.9 Å². The highest BCUT2D eigenvalue weighted by Gasteiger charge is 2.04. The average Bonchev–Trinajstić information content (AvgIpc) is 2.53. The predicted octanol–water partition coefficient (Wildman–Crippen LogP) is -0.420. The van der Waals surface area contributed by atoms with Crippen LogP contribution >= 0.6 is 0 Å². The number of rotatable bonds is 15. The van der Waals surface area contributed by atoms with E-state index in [0.29, 0.717) is 46.0 Å². The Morgan fingerprint density at radius 3 is 2.13 bits per heavy atom. The normalized spacial score (nSPS) is 10.3. The van der Waals surface area contributed by atoms with E-state index in [-0.39, 0.29) is 25.4 Å². The average molecular weight is 335 g/mol. The quantitative estimate of drug-likeness (QED) is 0.306. The van der Waals surface area contributed by atoms with E-state index in [2.05, 4.69) is 10.1 Å². The van der Waals surface area contributed by atoms with E-state index in [1.54, 1.807) is 0 Å². The molecule has 0 aromatic rings. The van der Waals surface area contributed by atoms with Crippen molar-refractivity contribution in [3.63, 3.8) is 0 Å². The van der Waals surface area contributed by atoms with Gasteiger partial charge in [0.25, 0.3) is 0 Å². The largest absolute Gasteiger partial charge is 0.481 e. The number of carboxylic acid groups (broad SMARTS) is 1. The molecule has 0 saturated carbocycles. The van der Waals surface area contributed by atoms with E-state index in [1.807, 2.05) is 0 Å². The molecule has 0 aliphatic rings. The molecule has 23 heavy (non-hydrogen) atoms. The van der Waals surface area contributed by atoms with Crippen molar-refractivity contribution in [2.75, 3.05) is 53.3 Å². The summed E-state index contributed by atoms with van der Waals surface area (Å²) in [6.07, 6.45) is 0.464. The molecular weight excluding hydrogens is 310 g/mol. The number of aliphatic carboxylic acids is 1. The van der Waals surface area contributed by atoms with Crippen LogP contribution < -0.4 is 5.32 Å².